The second-order valence-electron chi connectivity index (χ2n) is 5.49. The Bertz CT molecular complexity index is 846. The zero-order valence-corrected chi connectivity index (χ0v) is 13.8. The number of hydrogen-bond donors (Lipinski definition) is 1. The highest BCUT2D eigenvalue weighted by Gasteiger charge is 2.13. The van der Waals surface area contributed by atoms with Gasteiger partial charge in [-0.15, -0.1) is 0 Å². The molecule has 0 saturated carbocycles. The fourth-order valence-electron chi connectivity index (χ4n) is 2.39. The van der Waals surface area contributed by atoms with Crippen molar-refractivity contribution in [1.29, 1.82) is 0 Å². The second-order valence-corrected chi connectivity index (χ2v) is 5.49. The van der Waals surface area contributed by atoms with Gasteiger partial charge in [0.05, 0.1) is 30.3 Å². The summed E-state index contributed by atoms with van der Waals surface area (Å²) >= 11 is 0. The summed E-state index contributed by atoms with van der Waals surface area (Å²) in [5, 5.41) is 11.2. The van der Waals surface area contributed by atoms with E-state index in [1.54, 1.807) is 36.3 Å². The molecule has 0 aliphatic carbocycles. The predicted molar refractivity (Wildman–Crippen MR) is 86.7 cm³/mol. The SMILES string of the molecule is COCn1cc(NC(=O)c2ccc(Cn3nc(C)cc3C)o2)cn1. The Labute approximate surface area is 139 Å². The second kappa shape index (κ2) is 6.71. The van der Waals surface area contributed by atoms with E-state index in [0.717, 1.165) is 11.4 Å². The fourth-order valence-corrected chi connectivity index (χ4v) is 2.39. The van der Waals surface area contributed by atoms with Gasteiger partial charge in [-0.2, -0.15) is 10.2 Å². The topological polar surface area (TPSA) is 87.1 Å². The number of amides is 1. The molecule has 0 bridgehead atoms. The van der Waals surface area contributed by atoms with Crippen LogP contribution < -0.4 is 5.32 Å². The van der Waals surface area contributed by atoms with Crippen molar-refractivity contribution in [3.8, 4) is 0 Å². The van der Waals surface area contributed by atoms with E-state index >= 15 is 0 Å². The first-order chi connectivity index (χ1) is 11.5. The highest BCUT2D eigenvalue weighted by Crippen LogP contribution is 2.14. The summed E-state index contributed by atoms with van der Waals surface area (Å²) in [6.45, 7) is 4.73. The zero-order chi connectivity index (χ0) is 17.1. The number of nitrogens with one attached hydrogen (secondary N) is 1. The van der Waals surface area contributed by atoms with Crippen LogP contribution in [0.5, 0.6) is 0 Å². The van der Waals surface area contributed by atoms with Crippen molar-refractivity contribution < 1.29 is 13.9 Å². The molecule has 0 fully saturated rings. The van der Waals surface area contributed by atoms with Gasteiger partial charge in [-0.1, -0.05) is 0 Å². The van der Waals surface area contributed by atoms with Crippen molar-refractivity contribution >= 4 is 11.6 Å². The Kier molecular flexibility index (Phi) is 4.48. The number of ether oxygens (including phenoxy) is 1. The van der Waals surface area contributed by atoms with Crippen LogP contribution in [0.3, 0.4) is 0 Å². The number of aryl methyl sites for hydroxylation is 2. The average molecular weight is 329 g/mol. The largest absolute Gasteiger partial charge is 0.454 e. The average Bonchev–Trinajstić information content (AvgIpc) is 3.22. The Morgan fingerprint density at radius 2 is 2.21 bits per heavy atom. The highest BCUT2D eigenvalue weighted by molar-refractivity contribution is 6.02. The zero-order valence-electron chi connectivity index (χ0n) is 13.8. The number of anilines is 1. The molecule has 3 aromatic heterocycles. The molecule has 1 amide bonds. The molecule has 0 atom stereocenters. The number of methoxy groups -OCH3 is 1. The van der Waals surface area contributed by atoms with Gasteiger partial charge < -0.3 is 14.5 Å². The molecular weight excluding hydrogens is 310 g/mol. The molecule has 0 aromatic carbocycles. The number of nitrogens with zero attached hydrogens (tertiary/aromatic N) is 4. The van der Waals surface area contributed by atoms with Crippen LogP contribution >= 0.6 is 0 Å². The van der Waals surface area contributed by atoms with Gasteiger partial charge in [0, 0.05) is 12.8 Å². The first-order valence-electron chi connectivity index (χ1n) is 7.47. The maximum absolute atomic E-state index is 12.2. The fraction of sp³-hybridized carbons (Fsp3) is 0.312. The third-order valence-electron chi connectivity index (χ3n) is 3.45. The van der Waals surface area contributed by atoms with Crippen LogP contribution in [-0.2, 0) is 18.0 Å². The van der Waals surface area contributed by atoms with E-state index in [9.17, 15) is 4.79 Å². The predicted octanol–water partition coefficient (Wildman–Crippen LogP) is 2.19. The molecular formula is C16H19N5O3. The molecule has 0 aliphatic rings. The first-order valence-corrected chi connectivity index (χ1v) is 7.47. The van der Waals surface area contributed by atoms with Crippen LogP contribution in [0, 0.1) is 13.8 Å². The number of aromatic nitrogens is 4. The maximum Gasteiger partial charge on any atom is 0.291 e. The summed E-state index contributed by atoms with van der Waals surface area (Å²) < 4.78 is 14.0. The molecule has 126 valence electrons. The van der Waals surface area contributed by atoms with Gasteiger partial charge in [0.25, 0.3) is 5.91 Å². The Morgan fingerprint density at radius 1 is 1.38 bits per heavy atom. The molecule has 24 heavy (non-hydrogen) atoms. The summed E-state index contributed by atoms with van der Waals surface area (Å²) in [4.78, 5) is 12.2. The normalized spacial score (nSPS) is 11.0. The number of furan rings is 1. The van der Waals surface area contributed by atoms with Crippen LogP contribution in [0.15, 0.2) is 35.0 Å². The van der Waals surface area contributed by atoms with E-state index < -0.39 is 0 Å². The van der Waals surface area contributed by atoms with Crippen molar-refractivity contribution in [2.24, 2.45) is 0 Å². The minimum Gasteiger partial charge on any atom is -0.454 e. The lowest BCUT2D eigenvalue weighted by Gasteiger charge is -2.02. The Morgan fingerprint density at radius 3 is 2.92 bits per heavy atom. The molecule has 0 saturated heterocycles. The van der Waals surface area contributed by atoms with Crippen LogP contribution in [0.4, 0.5) is 5.69 Å². The summed E-state index contributed by atoms with van der Waals surface area (Å²) in [5.41, 5.74) is 2.57. The van der Waals surface area contributed by atoms with E-state index in [1.165, 1.54) is 0 Å². The van der Waals surface area contributed by atoms with E-state index in [4.69, 9.17) is 9.15 Å². The molecule has 1 N–H and O–H groups in total. The molecule has 0 radical (unpaired) electrons. The van der Waals surface area contributed by atoms with Gasteiger partial charge in [-0.05, 0) is 32.0 Å². The summed E-state index contributed by atoms with van der Waals surface area (Å²) in [6.07, 6.45) is 3.23. The summed E-state index contributed by atoms with van der Waals surface area (Å²) in [6, 6.07) is 5.42. The van der Waals surface area contributed by atoms with Crippen molar-refractivity contribution in [3.63, 3.8) is 0 Å². The monoisotopic (exact) mass is 329 g/mol. The van der Waals surface area contributed by atoms with Crippen LogP contribution in [0.1, 0.15) is 27.7 Å². The number of carbonyl (C=O) groups is 1. The first kappa shape index (κ1) is 16.0. The van der Waals surface area contributed by atoms with Crippen LogP contribution in [0.2, 0.25) is 0 Å². The highest BCUT2D eigenvalue weighted by atomic mass is 16.5. The minimum atomic E-state index is -0.327. The van der Waals surface area contributed by atoms with E-state index in [-0.39, 0.29) is 11.7 Å². The van der Waals surface area contributed by atoms with Gasteiger partial charge in [0.15, 0.2) is 5.76 Å². The van der Waals surface area contributed by atoms with Crippen molar-refractivity contribution in [3.05, 3.63) is 53.5 Å². The maximum atomic E-state index is 12.2. The third-order valence-corrected chi connectivity index (χ3v) is 3.45. The lowest BCUT2D eigenvalue weighted by Crippen LogP contribution is -2.10. The summed E-state index contributed by atoms with van der Waals surface area (Å²) in [7, 11) is 1.58. The molecule has 0 aliphatic heterocycles. The molecule has 0 unspecified atom stereocenters. The summed E-state index contributed by atoms with van der Waals surface area (Å²) in [5.74, 6) is 0.582. The number of carbonyl (C=O) groups excluding carboxylic acids is 1. The van der Waals surface area contributed by atoms with Gasteiger partial charge in [0.2, 0.25) is 0 Å². The quantitative estimate of drug-likeness (QED) is 0.749. The smallest absolute Gasteiger partial charge is 0.291 e. The molecule has 8 heteroatoms. The molecule has 3 aromatic rings. The molecule has 8 nitrogen and oxygen atoms in total. The van der Waals surface area contributed by atoms with Gasteiger partial charge in [-0.3, -0.25) is 9.48 Å². The Hall–Kier alpha value is -2.87. The van der Waals surface area contributed by atoms with Crippen molar-refractivity contribution in [2.45, 2.75) is 27.1 Å². The van der Waals surface area contributed by atoms with E-state index in [1.807, 2.05) is 24.6 Å². The Balaban J connectivity index is 1.65. The van der Waals surface area contributed by atoms with Crippen LogP contribution in [0.25, 0.3) is 0 Å². The van der Waals surface area contributed by atoms with Gasteiger partial charge >= 0.3 is 0 Å². The van der Waals surface area contributed by atoms with E-state index in [2.05, 4.69) is 15.5 Å². The lowest BCUT2D eigenvalue weighted by molar-refractivity contribution is 0.0994. The van der Waals surface area contributed by atoms with E-state index in [0.29, 0.717) is 24.7 Å². The lowest BCUT2D eigenvalue weighted by atomic mass is 10.4. The van der Waals surface area contributed by atoms with Crippen molar-refractivity contribution in [1.82, 2.24) is 19.6 Å². The van der Waals surface area contributed by atoms with Crippen LogP contribution in [-0.4, -0.2) is 32.6 Å². The molecule has 3 rings (SSSR count). The molecule has 3 heterocycles. The van der Waals surface area contributed by atoms with Crippen molar-refractivity contribution in [2.75, 3.05) is 12.4 Å². The van der Waals surface area contributed by atoms with Gasteiger partial charge in [0.1, 0.15) is 12.5 Å². The third kappa shape index (κ3) is 3.54. The van der Waals surface area contributed by atoms with Gasteiger partial charge in [-0.25, -0.2) is 4.68 Å². The minimum absolute atomic E-state index is 0.242. The molecule has 0 spiro atoms. The number of rotatable bonds is 6. The standard InChI is InChI=1S/C16H19N5O3/c1-11-6-12(2)21(19-11)9-14-4-5-15(24-14)16(22)18-13-7-17-20(8-13)10-23-3/h4-8H,9-10H2,1-3H3,(H,18,22). The number of hydrogen-bond acceptors (Lipinski definition) is 5.